The molecule has 0 bridgehead atoms. The number of nitrogens with one attached hydrogen (secondary N) is 2. The first-order chi connectivity index (χ1) is 13.2. The van der Waals surface area contributed by atoms with Crippen molar-refractivity contribution in [1.29, 1.82) is 0 Å². The van der Waals surface area contributed by atoms with Crippen molar-refractivity contribution in [2.75, 3.05) is 26.1 Å². The number of hydrogen-bond acceptors (Lipinski definition) is 4. The normalized spacial score (nSPS) is 10.9. The van der Waals surface area contributed by atoms with Gasteiger partial charge < -0.3 is 20.1 Å². The molecule has 0 aliphatic carbocycles. The third-order valence-corrected chi connectivity index (χ3v) is 3.71. The van der Waals surface area contributed by atoms with Gasteiger partial charge in [0.1, 0.15) is 6.54 Å². The molecule has 0 spiro atoms. The SMILES string of the molecule is COc1cccc(C(=O)Nc2ccc(CC(=O)NCC(F)(F)F)cc2)c1OC. The minimum atomic E-state index is -4.45. The average molecular weight is 396 g/mol. The van der Waals surface area contributed by atoms with Crippen LogP contribution in [0.1, 0.15) is 15.9 Å². The van der Waals surface area contributed by atoms with E-state index in [9.17, 15) is 22.8 Å². The zero-order valence-electron chi connectivity index (χ0n) is 15.2. The van der Waals surface area contributed by atoms with E-state index in [0.717, 1.165) is 0 Å². The predicted molar refractivity (Wildman–Crippen MR) is 96.7 cm³/mol. The number of ether oxygens (including phenoxy) is 2. The van der Waals surface area contributed by atoms with Crippen LogP contribution in [-0.2, 0) is 11.2 Å². The van der Waals surface area contributed by atoms with Crippen molar-refractivity contribution in [1.82, 2.24) is 5.32 Å². The fraction of sp³-hybridized carbons (Fsp3) is 0.263. The molecular weight excluding hydrogens is 377 g/mol. The van der Waals surface area contributed by atoms with E-state index in [2.05, 4.69) is 5.32 Å². The van der Waals surface area contributed by atoms with Crippen LogP contribution in [0.4, 0.5) is 18.9 Å². The predicted octanol–water partition coefficient (Wildman–Crippen LogP) is 3.18. The molecule has 0 aromatic heterocycles. The van der Waals surface area contributed by atoms with Crippen LogP contribution in [0.5, 0.6) is 11.5 Å². The maximum absolute atomic E-state index is 12.5. The standard InChI is InChI=1S/C19H19F3N2O4/c1-27-15-5-3-4-14(17(15)28-2)18(26)24-13-8-6-12(7-9-13)10-16(25)23-11-19(20,21)22/h3-9H,10-11H2,1-2H3,(H,23,25)(H,24,26). The Morgan fingerprint density at radius 1 is 1.00 bits per heavy atom. The summed E-state index contributed by atoms with van der Waals surface area (Å²) in [4.78, 5) is 24.0. The van der Waals surface area contributed by atoms with Crippen molar-refractivity contribution in [3.05, 3.63) is 53.6 Å². The van der Waals surface area contributed by atoms with Crippen molar-refractivity contribution in [3.63, 3.8) is 0 Å². The number of para-hydroxylation sites is 1. The Balaban J connectivity index is 2.01. The highest BCUT2D eigenvalue weighted by Gasteiger charge is 2.27. The quantitative estimate of drug-likeness (QED) is 0.754. The molecule has 0 saturated carbocycles. The number of carbonyl (C=O) groups is 2. The number of carbonyl (C=O) groups excluding carboxylic acids is 2. The first-order valence-corrected chi connectivity index (χ1v) is 8.18. The third-order valence-electron chi connectivity index (χ3n) is 3.71. The Morgan fingerprint density at radius 2 is 1.68 bits per heavy atom. The van der Waals surface area contributed by atoms with E-state index in [1.165, 1.54) is 14.2 Å². The van der Waals surface area contributed by atoms with E-state index in [1.54, 1.807) is 47.8 Å². The van der Waals surface area contributed by atoms with E-state index in [4.69, 9.17) is 9.47 Å². The van der Waals surface area contributed by atoms with Crippen LogP contribution in [0.3, 0.4) is 0 Å². The van der Waals surface area contributed by atoms with E-state index in [-0.39, 0.29) is 12.0 Å². The van der Waals surface area contributed by atoms with E-state index in [0.29, 0.717) is 22.7 Å². The van der Waals surface area contributed by atoms with Crippen LogP contribution in [-0.4, -0.2) is 38.8 Å². The van der Waals surface area contributed by atoms with Gasteiger partial charge in [-0.15, -0.1) is 0 Å². The molecule has 6 nitrogen and oxygen atoms in total. The summed E-state index contributed by atoms with van der Waals surface area (Å²) in [5, 5.41) is 4.49. The largest absolute Gasteiger partial charge is 0.493 e. The summed E-state index contributed by atoms with van der Waals surface area (Å²) < 4.78 is 46.7. The molecule has 2 aromatic carbocycles. The summed E-state index contributed by atoms with van der Waals surface area (Å²) in [5.41, 5.74) is 1.24. The minimum Gasteiger partial charge on any atom is -0.493 e. The van der Waals surface area contributed by atoms with Gasteiger partial charge in [-0.25, -0.2) is 0 Å². The maximum atomic E-state index is 12.5. The van der Waals surface area contributed by atoms with Crippen molar-refractivity contribution in [2.45, 2.75) is 12.6 Å². The maximum Gasteiger partial charge on any atom is 0.405 e. The van der Waals surface area contributed by atoms with Gasteiger partial charge in [0.15, 0.2) is 11.5 Å². The second kappa shape index (κ2) is 9.12. The van der Waals surface area contributed by atoms with Crippen LogP contribution in [0.15, 0.2) is 42.5 Å². The second-order valence-corrected chi connectivity index (χ2v) is 5.76. The molecule has 0 heterocycles. The third kappa shape index (κ3) is 5.90. The van der Waals surface area contributed by atoms with Gasteiger partial charge in [0, 0.05) is 5.69 Å². The average Bonchev–Trinajstić information content (AvgIpc) is 2.66. The van der Waals surface area contributed by atoms with E-state index in [1.807, 2.05) is 0 Å². The lowest BCUT2D eigenvalue weighted by molar-refractivity contribution is -0.138. The highest BCUT2D eigenvalue weighted by atomic mass is 19.4. The molecule has 0 aliphatic rings. The highest BCUT2D eigenvalue weighted by Crippen LogP contribution is 2.31. The molecule has 0 fully saturated rings. The van der Waals surface area contributed by atoms with E-state index >= 15 is 0 Å². The Morgan fingerprint density at radius 3 is 2.25 bits per heavy atom. The van der Waals surface area contributed by atoms with Gasteiger partial charge in [-0.2, -0.15) is 13.2 Å². The van der Waals surface area contributed by atoms with Gasteiger partial charge >= 0.3 is 6.18 Å². The van der Waals surface area contributed by atoms with Gasteiger partial charge in [-0.3, -0.25) is 9.59 Å². The number of anilines is 1. The lowest BCUT2D eigenvalue weighted by Gasteiger charge is -2.13. The molecule has 0 aliphatic heterocycles. The van der Waals surface area contributed by atoms with Crippen molar-refractivity contribution in [2.24, 2.45) is 0 Å². The number of amides is 2. The number of benzene rings is 2. The molecule has 0 radical (unpaired) electrons. The van der Waals surface area contributed by atoms with Crippen LogP contribution < -0.4 is 20.1 Å². The number of methoxy groups -OCH3 is 2. The summed E-state index contributed by atoms with van der Waals surface area (Å²) in [6, 6.07) is 11.1. The molecule has 0 unspecified atom stereocenters. The Kier molecular flexibility index (Phi) is 6.86. The molecule has 9 heteroatoms. The molecule has 2 amide bonds. The first-order valence-electron chi connectivity index (χ1n) is 8.18. The fourth-order valence-corrected chi connectivity index (χ4v) is 2.42. The minimum absolute atomic E-state index is 0.200. The van der Waals surface area contributed by atoms with Crippen molar-refractivity contribution in [3.8, 4) is 11.5 Å². The Labute approximate surface area is 159 Å². The molecule has 2 rings (SSSR count). The molecule has 0 saturated heterocycles. The van der Waals surface area contributed by atoms with Crippen LogP contribution in [0.25, 0.3) is 0 Å². The first kappa shape index (κ1) is 21.1. The Hall–Kier alpha value is -3.23. The van der Waals surface area contributed by atoms with Crippen LogP contribution >= 0.6 is 0 Å². The van der Waals surface area contributed by atoms with Gasteiger partial charge in [0.05, 0.1) is 26.2 Å². The van der Waals surface area contributed by atoms with Crippen LogP contribution in [0.2, 0.25) is 0 Å². The number of halogens is 3. The van der Waals surface area contributed by atoms with Crippen molar-refractivity contribution < 1.29 is 32.2 Å². The lowest BCUT2D eigenvalue weighted by Crippen LogP contribution is -2.34. The number of hydrogen-bond donors (Lipinski definition) is 2. The Bertz CT molecular complexity index is 836. The molecule has 0 atom stereocenters. The monoisotopic (exact) mass is 396 g/mol. The molecular formula is C19H19F3N2O4. The summed E-state index contributed by atoms with van der Waals surface area (Å²) in [7, 11) is 2.89. The van der Waals surface area contributed by atoms with Gasteiger partial charge in [-0.1, -0.05) is 18.2 Å². The molecule has 150 valence electrons. The summed E-state index contributed by atoms with van der Waals surface area (Å²) in [5.74, 6) is -0.461. The molecule has 2 aromatic rings. The number of rotatable bonds is 7. The summed E-state index contributed by atoms with van der Waals surface area (Å²) >= 11 is 0. The highest BCUT2D eigenvalue weighted by molar-refractivity contribution is 6.06. The zero-order valence-corrected chi connectivity index (χ0v) is 15.2. The van der Waals surface area contributed by atoms with Crippen molar-refractivity contribution >= 4 is 17.5 Å². The summed E-state index contributed by atoms with van der Waals surface area (Å²) in [6.45, 7) is -1.37. The lowest BCUT2D eigenvalue weighted by atomic mass is 10.1. The van der Waals surface area contributed by atoms with E-state index < -0.39 is 24.5 Å². The van der Waals surface area contributed by atoms with Crippen LogP contribution in [0, 0.1) is 0 Å². The van der Waals surface area contributed by atoms with Gasteiger partial charge in [-0.05, 0) is 29.8 Å². The molecule has 28 heavy (non-hydrogen) atoms. The topological polar surface area (TPSA) is 76.7 Å². The second-order valence-electron chi connectivity index (χ2n) is 5.76. The zero-order chi connectivity index (χ0) is 20.7. The fourth-order valence-electron chi connectivity index (χ4n) is 2.42. The molecule has 2 N–H and O–H groups in total. The van der Waals surface area contributed by atoms with Gasteiger partial charge in [0.25, 0.3) is 5.91 Å². The number of alkyl halides is 3. The summed E-state index contributed by atoms with van der Waals surface area (Å²) in [6.07, 6.45) is -4.65. The van der Waals surface area contributed by atoms with Gasteiger partial charge in [0.2, 0.25) is 5.91 Å². The smallest absolute Gasteiger partial charge is 0.405 e.